The molecule has 1 unspecified atom stereocenters. The molecule has 2 N–H and O–H groups in total. The van der Waals surface area contributed by atoms with Gasteiger partial charge in [0.15, 0.2) is 0 Å². The van der Waals surface area contributed by atoms with Gasteiger partial charge in [0.05, 0.1) is 6.42 Å². The molecule has 13 nitrogen and oxygen atoms in total. The van der Waals surface area contributed by atoms with Crippen LogP contribution in [0.1, 0.15) is 191 Å². The number of ether oxygens (including phenoxy) is 3. The van der Waals surface area contributed by atoms with Gasteiger partial charge in [-0.05, 0) is 80.7 Å². The highest BCUT2D eigenvalue weighted by Crippen LogP contribution is 2.19. The fourth-order valence-electron chi connectivity index (χ4n) is 6.95. The van der Waals surface area contributed by atoms with Crippen molar-refractivity contribution in [3.63, 3.8) is 0 Å². The fourth-order valence-corrected chi connectivity index (χ4v) is 6.95. The number of carbonyl (C=O) groups is 5. The van der Waals surface area contributed by atoms with Crippen LogP contribution in [0.2, 0.25) is 0 Å². The molecule has 0 radical (unpaired) electrons. The third kappa shape index (κ3) is 29.1. The van der Waals surface area contributed by atoms with E-state index in [1.54, 1.807) is 41.5 Å². The molecule has 0 bridgehead atoms. The summed E-state index contributed by atoms with van der Waals surface area (Å²) in [4.78, 5) is 74.1. The standard InChI is InChI=1S/C50H89N5O8/c1-12-14-16-18-20-22-24-29-34-53(35-30-25-23-21-19-17-15-13-2)44(57)42(39-43(56)61-40-41-31-27-26-28-32-41)55(45(58)52-48(3,4)5)38-37-54(47(60)63-50(9,10)11)36-33-51-46(59)62-49(6,7)8/h26-28,31-32,42H,12-25,29-30,33-40H2,1-11H3,(H,51,59)(H,52,58). The SMILES string of the molecule is CCCCCCCCCCN(CCCCCCCCCC)C(=O)C(CC(=O)OCc1ccccc1)N(CCN(CCNC(=O)OC(C)(C)C)C(=O)OC(C)(C)C)C(=O)NC(C)(C)C. The monoisotopic (exact) mass is 888 g/mol. The van der Waals surface area contributed by atoms with Gasteiger partial charge >= 0.3 is 24.2 Å². The number of benzene rings is 1. The number of unbranched alkanes of at least 4 members (excludes halogenated alkanes) is 14. The first-order valence-corrected chi connectivity index (χ1v) is 24.2. The molecule has 0 saturated heterocycles. The normalized spacial score (nSPS) is 12.2. The molecule has 0 aromatic heterocycles. The Bertz CT molecular complexity index is 1420. The Labute approximate surface area is 382 Å². The molecule has 0 fully saturated rings. The Kier molecular flexibility index (Phi) is 28.0. The van der Waals surface area contributed by atoms with Crippen molar-refractivity contribution in [2.75, 3.05) is 39.3 Å². The third-order valence-corrected chi connectivity index (χ3v) is 10.2. The second kappa shape index (κ2) is 30.9. The molecule has 0 spiro atoms. The number of urea groups is 1. The minimum Gasteiger partial charge on any atom is -0.461 e. The first-order valence-electron chi connectivity index (χ1n) is 24.2. The first kappa shape index (κ1) is 57.0. The lowest BCUT2D eigenvalue weighted by atomic mass is 10.1. The number of nitrogens with zero attached hydrogens (tertiary/aromatic N) is 3. The molecule has 1 atom stereocenters. The van der Waals surface area contributed by atoms with Gasteiger partial charge in [0.25, 0.3) is 0 Å². The van der Waals surface area contributed by atoms with Crippen LogP contribution >= 0.6 is 0 Å². The van der Waals surface area contributed by atoms with Gasteiger partial charge in [-0.15, -0.1) is 0 Å². The lowest BCUT2D eigenvalue weighted by Gasteiger charge is -2.37. The summed E-state index contributed by atoms with van der Waals surface area (Å²) < 4.78 is 16.9. The smallest absolute Gasteiger partial charge is 0.410 e. The van der Waals surface area contributed by atoms with Crippen LogP contribution in [-0.4, -0.2) is 107 Å². The van der Waals surface area contributed by atoms with Crippen LogP contribution in [0.4, 0.5) is 14.4 Å². The topological polar surface area (TPSA) is 147 Å². The number of esters is 1. The summed E-state index contributed by atoms with van der Waals surface area (Å²) in [6, 6.07) is 7.55. The number of carbonyl (C=O) groups excluding carboxylic acids is 5. The van der Waals surface area contributed by atoms with Gasteiger partial charge in [0, 0.05) is 44.8 Å². The Balaban J connectivity index is 3.58. The van der Waals surface area contributed by atoms with E-state index < -0.39 is 47.0 Å². The van der Waals surface area contributed by atoms with E-state index in [0.29, 0.717) is 13.1 Å². The van der Waals surface area contributed by atoms with E-state index in [1.807, 2.05) is 56.0 Å². The molecule has 13 heteroatoms. The molecule has 1 rings (SSSR count). The van der Waals surface area contributed by atoms with E-state index in [9.17, 15) is 19.2 Å². The van der Waals surface area contributed by atoms with Gasteiger partial charge in [-0.2, -0.15) is 0 Å². The summed E-state index contributed by atoms with van der Waals surface area (Å²) in [6.45, 7) is 21.5. The highest BCUT2D eigenvalue weighted by molar-refractivity contribution is 5.91. The number of nitrogens with one attached hydrogen (secondary N) is 2. The van der Waals surface area contributed by atoms with Crippen molar-refractivity contribution in [2.45, 2.75) is 215 Å². The lowest BCUT2D eigenvalue weighted by Crippen LogP contribution is -2.59. The number of amides is 5. The van der Waals surface area contributed by atoms with Crippen molar-refractivity contribution < 1.29 is 38.2 Å². The second-order valence-corrected chi connectivity index (χ2v) is 19.9. The Morgan fingerprint density at radius 2 is 1.08 bits per heavy atom. The minimum absolute atomic E-state index is 0.0199. The summed E-state index contributed by atoms with van der Waals surface area (Å²) in [5, 5.41) is 5.71. The molecule has 63 heavy (non-hydrogen) atoms. The van der Waals surface area contributed by atoms with E-state index >= 15 is 4.79 Å². The minimum atomic E-state index is -1.22. The van der Waals surface area contributed by atoms with Crippen molar-refractivity contribution in [1.82, 2.24) is 25.3 Å². The van der Waals surface area contributed by atoms with Crippen molar-refractivity contribution in [2.24, 2.45) is 0 Å². The van der Waals surface area contributed by atoms with Crippen molar-refractivity contribution in [1.29, 1.82) is 0 Å². The average Bonchev–Trinajstić information content (AvgIpc) is 3.18. The molecule has 362 valence electrons. The number of alkyl carbamates (subject to hydrolysis) is 1. The quantitative estimate of drug-likeness (QED) is 0.0441. The molecule has 0 saturated carbocycles. The van der Waals surface area contributed by atoms with Crippen LogP contribution in [-0.2, 0) is 30.4 Å². The zero-order valence-electron chi connectivity index (χ0n) is 41.5. The van der Waals surface area contributed by atoms with E-state index in [0.717, 1.165) is 56.9 Å². The summed E-state index contributed by atoms with van der Waals surface area (Å²) in [6.07, 6.45) is 16.2. The summed E-state index contributed by atoms with van der Waals surface area (Å²) in [5.74, 6) is -0.938. The zero-order chi connectivity index (χ0) is 47.3. The highest BCUT2D eigenvalue weighted by Gasteiger charge is 2.37. The number of rotatable bonds is 30. The Morgan fingerprint density at radius 3 is 1.56 bits per heavy atom. The Morgan fingerprint density at radius 1 is 0.587 bits per heavy atom. The third-order valence-electron chi connectivity index (χ3n) is 10.2. The van der Waals surface area contributed by atoms with Crippen LogP contribution in [0, 0.1) is 0 Å². The highest BCUT2D eigenvalue weighted by atomic mass is 16.6. The second-order valence-electron chi connectivity index (χ2n) is 19.9. The van der Waals surface area contributed by atoms with Gasteiger partial charge in [-0.3, -0.25) is 9.59 Å². The Hall–Kier alpha value is -4.03. The average molecular weight is 888 g/mol. The van der Waals surface area contributed by atoms with E-state index in [4.69, 9.17) is 14.2 Å². The van der Waals surface area contributed by atoms with Crippen LogP contribution in [0.3, 0.4) is 0 Å². The fraction of sp³-hybridized carbons (Fsp3) is 0.780. The number of hydrogen-bond acceptors (Lipinski definition) is 8. The van der Waals surface area contributed by atoms with E-state index in [1.165, 1.54) is 61.2 Å². The van der Waals surface area contributed by atoms with Crippen molar-refractivity contribution >= 4 is 30.1 Å². The number of hydrogen-bond donors (Lipinski definition) is 2. The predicted octanol–water partition coefficient (Wildman–Crippen LogP) is 11.2. The predicted molar refractivity (Wildman–Crippen MR) is 253 cm³/mol. The lowest BCUT2D eigenvalue weighted by molar-refractivity contribution is -0.150. The molecule has 5 amide bonds. The summed E-state index contributed by atoms with van der Waals surface area (Å²) >= 11 is 0. The zero-order valence-corrected chi connectivity index (χ0v) is 41.5. The van der Waals surface area contributed by atoms with Gasteiger partial charge in [-0.25, -0.2) is 14.4 Å². The maximum absolute atomic E-state index is 15.1. The molecule has 0 heterocycles. The molecular formula is C50H89N5O8. The van der Waals surface area contributed by atoms with Gasteiger partial charge < -0.3 is 39.5 Å². The van der Waals surface area contributed by atoms with E-state index in [-0.39, 0.29) is 45.1 Å². The van der Waals surface area contributed by atoms with Crippen LogP contribution in [0.15, 0.2) is 30.3 Å². The summed E-state index contributed by atoms with van der Waals surface area (Å²) in [5.41, 5.74) is -1.43. The molecule has 0 aliphatic rings. The maximum atomic E-state index is 15.1. The van der Waals surface area contributed by atoms with E-state index in [2.05, 4.69) is 24.5 Å². The van der Waals surface area contributed by atoms with Crippen LogP contribution in [0.25, 0.3) is 0 Å². The van der Waals surface area contributed by atoms with Gasteiger partial charge in [-0.1, -0.05) is 134 Å². The van der Waals surface area contributed by atoms with Crippen molar-refractivity contribution in [3.8, 4) is 0 Å². The van der Waals surface area contributed by atoms with Crippen LogP contribution < -0.4 is 10.6 Å². The van der Waals surface area contributed by atoms with Gasteiger partial charge in [0.1, 0.15) is 23.9 Å². The molecular weight excluding hydrogens is 799 g/mol. The van der Waals surface area contributed by atoms with Crippen molar-refractivity contribution in [3.05, 3.63) is 35.9 Å². The molecule has 0 aliphatic heterocycles. The first-order chi connectivity index (χ1) is 29.7. The maximum Gasteiger partial charge on any atom is 0.410 e. The largest absolute Gasteiger partial charge is 0.461 e. The molecule has 0 aliphatic carbocycles. The van der Waals surface area contributed by atoms with Crippen LogP contribution in [0.5, 0.6) is 0 Å². The van der Waals surface area contributed by atoms with Gasteiger partial charge in [0.2, 0.25) is 5.91 Å². The molecule has 1 aromatic rings. The molecule has 1 aromatic carbocycles. The summed E-state index contributed by atoms with van der Waals surface area (Å²) in [7, 11) is 0.